The van der Waals surface area contributed by atoms with Gasteiger partial charge in [0.15, 0.2) is 0 Å². The van der Waals surface area contributed by atoms with Gasteiger partial charge in [-0.25, -0.2) is 0 Å². The molecule has 0 atom stereocenters. The van der Waals surface area contributed by atoms with E-state index in [0.29, 0.717) is 19.8 Å². The van der Waals surface area contributed by atoms with Gasteiger partial charge in [-0.1, -0.05) is 13.8 Å². The third-order valence-corrected chi connectivity index (χ3v) is 0.804. The van der Waals surface area contributed by atoms with Crippen LogP contribution in [0.3, 0.4) is 0 Å². The molecular weight excluding hydrogens is 142 g/mol. The lowest BCUT2D eigenvalue weighted by molar-refractivity contribution is -0.120. The molecule has 0 heterocycles. The second-order valence-electron chi connectivity index (χ2n) is 1.58. The standard InChI is InChI=1S/C5H13N3O.C2H6/c1-2-8-5(9)3-7-4-6;1-2/h7H,2-4,6H2,1H3,(H,8,9);1-2H3. The van der Waals surface area contributed by atoms with Gasteiger partial charge in [-0.2, -0.15) is 0 Å². The molecule has 1 amide bonds. The summed E-state index contributed by atoms with van der Waals surface area (Å²) in [4.78, 5) is 10.6. The molecule has 68 valence electrons. The van der Waals surface area contributed by atoms with Gasteiger partial charge in [0.25, 0.3) is 0 Å². The van der Waals surface area contributed by atoms with Crippen molar-refractivity contribution in [2.45, 2.75) is 20.8 Å². The van der Waals surface area contributed by atoms with Crippen LogP contribution in [0.25, 0.3) is 0 Å². The van der Waals surface area contributed by atoms with E-state index in [1.165, 1.54) is 0 Å². The molecule has 0 aromatic carbocycles. The van der Waals surface area contributed by atoms with Gasteiger partial charge >= 0.3 is 0 Å². The molecule has 4 nitrogen and oxygen atoms in total. The molecular formula is C7H19N3O. The Hall–Kier alpha value is -0.610. The molecule has 11 heavy (non-hydrogen) atoms. The number of hydrogen-bond donors (Lipinski definition) is 3. The van der Waals surface area contributed by atoms with Crippen LogP contribution in [0.5, 0.6) is 0 Å². The van der Waals surface area contributed by atoms with Crippen LogP contribution < -0.4 is 16.4 Å². The third kappa shape index (κ3) is 12.6. The first-order valence-electron chi connectivity index (χ1n) is 3.98. The molecule has 0 saturated carbocycles. The van der Waals surface area contributed by atoms with E-state index in [0.717, 1.165) is 0 Å². The van der Waals surface area contributed by atoms with Gasteiger partial charge in [0.1, 0.15) is 0 Å². The summed E-state index contributed by atoms with van der Waals surface area (Å²) < 4.78 is 0. The van der Waals surface area contributed by atoms with Crippen LogP contribution in [-0.4, -0.2) is 25.7 Å². The number of amides is 1. The molecule has 0 fully saturated rings. The molecule has 4 N–H and O–H groups in total. The Morgan fingerprint density at radius 3 is 2.36 bits per heavy atom. The predicted octanol–water partition coefficient (Wildman–Crippen LogP) is -0.345. The third-order valence-electron chi connectivity index (χ3n) is 0.804. The summed E-state index contributed by atoms with van der Waals surface area (Å²) in [5.74, 6) is -0.0112. The minimum Gasteiger partial charge on any atom is -0.355 e. The van der Waals surface area contributed by atoms with E-state index >= 15 is 0 Å². The summed E-state index contributed by atoms with van der Waals surface area (Å²) in [6.07, 6.45) is 0. The molecule has 0 bridgehead atoms. The number of nitrogens with two attached hydrogens (primary N) is 1. The summed E-state index contributed by atoms with van der Waals surface area (Å²) in [6.45, 7) is 7.20. The largest absolute Gasteiger partial charge is 0.355 e. The fraction of sp³-hybridized carbons (Fsp3) is 0.857. The lowest BCUT2D eigenvalue weighted by Crippen LogP contribution is -2.36. The summed E-state index contributed by atoms with van der Waals surface area (Å²) in [7, 11) is 0. The van der Waals surface area contributed by atoms with Crippen LogP contribution in [0.2, 0.25) is 0 Å². The first kappa shape index (κ1) is 13.0. The normalized spacial score (nSPS) is 8.00. The fourth-order valence-corrected chi connectivity index (χ4v) is 0.445. The van der Waals surface area contributed by atoms with Crippen LogP contribution in [0.1, 0.15) is 20.8 Å². The number of carbonyl (C=O) groups is 1. The SMILES string of the molecule is CC.CCNC(=O)CNCN. The zero-order valence-corrected chi connectivity index (χ0v) is 7.61. The van der Waals surface area contributed by atoms with Crippen molar-refractivity contribution in [1.82, 2.24) is 10.6 Å². The molecule has 0 aliphatic heterocycles. The molecule has 0 aliphatic carbocycles. The Balaban J connectivity index is 0. The van der Waals surface area contributed by atoms with Gasteiger partial charge in [-0.15, -0.1) is 0 Å². The lowest BCUT2D eigenvalue weighted by atomic mass is 10.5. The highest BCUT2D eigenvalue weighted by atomic mass is 16.1. The molecule has 0 aromatic heterocycles. The van der Waals surface area contributed by atoms with Crippen molar-refractivity contribution < 1.29 is 4.79 Å². The van der Waals surface area contributed by atoms with Gasteiger partial charge in [0.2, 0.25) is 5.91 Å². The van der Waals surface area contributed by atoms with E-state index in [9.17, 15) is 4.79 Å². The highest BCUT2D eigenvalue weighted by molar-refractivity contribution is 5.77. The minimum atomic E-state index is -0.0112. The van der Waals surface area contributed by atoms with Crippen molar-refractivity contribution in [2.75, 3.05) is 19.8 Å². The first-order valence-corrected chi connectivity index (χ1v) is 3.98. The second-order valence-corrected chi connectivity index (χ2v) is 1.58. The van der Waals surface area contributed by atoms with Gasteiger partial charge < -0.3 is 11.1 Å². The van der Waals surface area contributed by atoms with Gasteiger partial charge in [-0.3, -0.25) is 10.1 Å². The average Bonchev–Trinajstić information content (AvgIpc) is 2.05. The zero-order chi connectivity index (χ0) is 9.11. The van der Waals surface area contributed by atoms with Gasteiger partial charge in [-0.05, 0) is 6.92 Å². The zero-order valence-electron chi connectivity index (χ0n) is 7.61. The van der Waals surface area contributed by atoms with E-state index in [1.54, 1.807) is 0 Å². The number of hydrogen-bond acceptors (Lipinski definition) is 3. The van der Waals surface area contributed by atoms with Crippen molar-refractivity contribution in [3.05, 3.63) is 0 Å². The van der Waals surface area contributed by atoms with Crippen LogP contribution in [0.15, 0.2) is 0 Å². The maximum Gasteiger partial charge on any atom is 0.233 e. The van der Waals surface area contributed by atoms with Crippen molar-refractivity contribution >= 4 is 5.91 Å². The number of rotatable bonds is 4. The van der Waals surface area contributed by atoms with Crippen LogP contribution in [-0.2, 0) is 4.79 Å². The molecule has 0 radical (unpaired) electrons. The average molecular weight is 161 g/mol. The summed E-state index contributed by atoms with van der Waals surface area (Å²) in [6, 6.07) is 0. The van der Waals surface area contributed by atoms with E-state index in [2.05, 4.69) is 10.6 Å². The minimum absolute atomic E-state index is 0.0112. The van der Waals surface area contributed by atoms with Crippen molar-refractivity contribution in [2.24, 2.45) is 5.73 Å². The molecule has 0 aliphatic rings. The summed E-state index contributed by atoms with van der Waals surface area (Å²) >= 11 is 0. The Labute approximate surface area is 68.5 Å². The smallest absolute Gasteiger partial charge is 0.233 e. The predicted molar refractivity (Wildman–Crippen MR) is 47.1 cm³/mol. The number of nitrogens with one attached hydrogen (secondary N) is 2. The monoisotopic (exact) mass is 161 g/mol. The Morgan fingerprint density at radius 1 is 1.45 bits per heavy atom. The quantitative estimate of drug-likeness (QED) is 0.494. The Kier molecular flexibility index (Phi) is 14.3. The van der Waals surface area contributed by atoms with Crippen molar-refractivity contribution in [3.8, 4) is 0 Å². The number of likely N-dealkylation sites (N-methyl/N-ethyl adjacent to an activating group) is 1. The van der Waals surface area contributed by atoms with Crippen LogP contribution >= 0.6 is 0 Å². The van der Waals surface area contributed by atoms with Crippen molar-refractivity contribution in [1.29, 1.82) is 0 Å². The highest BCUT2D eigenvalue weighted by Gasteiger charge is 1.93. The Bertz CT molecular complexity index is 85.8. The molecule has 0 saturated heterocycles. The molecule has 0 spiro atoms. The van der Waals surface area contributed by atoms with E-state index in [1.807, 2.05) is 20.8 Å². The van der Waals surface area contributed by atoms with Crippen LogP contribution in [0, 0.1) is 0 Å². The second kappa shape index (κ2) is 12.1. The number of carbonyl (C=O) groups excluding carboxylic acids is 1. The molecule has 0 aromatic rings. The van der Waals surface area contributed by atoms with E-state index < -0.39 is 0 Å². The fourth-order valence-electron chi connectivity index (χ4n) is 0.445. The van der Waals surface area contributed by atoms with E-state index in [-0.39, 0.29) is 5.91 Å². The highest BCUT2D eigenvalue weighted by Crippen LogP contribution is 1.59. The van der Waals surface area contributed by atoms with Gasteiger partial charge in [0, 0.05) is 13.2 Å². The lowest BCUT2D eigenvalue weighted by Gasteiger charge is -2.00. The summed E-state index contributed by atoms with van der Waals surface area (Å²) in [5.41, 5.74) is 5.08. The first-order chi connectivity index (χ1) is 5.31. The maximum atomic E-state index is 10.6. The maximum absolute atomic E-state index is 10.6. The molecule has 0 rings (SSSR count). The molecule has 0 unspecified atom stereocenters. The van der Waals surface area contributed by atoms with E-state index in [4.69, 9.17) is 5.73 Å². The molecule has 4 heteroatoms. The topological polar surface area (TPSA) is 67.2 Å². The van der Waals surface area contributed by atoms with Gasteiger partial charge in [0.05, 0.1) is 6.54 Å². The Morgan fingerprint density at radius 2 is 2.00 bits per heavy atom. The summed E-state index contributed by atoms with van der Waals surface area (Å²) in [5, 5.41) is 5.32. The van der Waals surface area contributed by atoms with Crippen molar-refractivity contribution in [3.63, 3.8) is 0 Å². The van der Waals surface area contributed by atoms with Crippen LogP contribution in [0.4, 0.5) is 0 Å².